The molecule has 0 spiro atoms. The summed E-state index contributed by atoms with van der Waals surface area (Å²) in [6, 6.07) is 0. The van der Waals surface area contributed by atoms with Crippen molar-refractivity contribution in [2.45, 2.75) is 27.7 Å². The molecular weight excluding hydrogens is 223 g/mol. The van der Waals surface area contributed by atoms with Gasteiger partial charge in [0.25, 0.3) is 0 Å². The van der Waals surface area contributed by atoms with Crippen molar-refractivity contribution in [3.8, 4) is 0 Å². The highest BCUT2D eigenvalue weighted by atomic mass is 33.1. The molecule has 5 heteroatoms. The lowest BCUT2D eigenvalue weighted by atomic mass is 10.2. The van der Waals surface area contributed by atoms with Gasteiger partial charge in [-0.05, 0) is 11.8 Å². The van der Waals surface area contributed by atoms with Gasteiger partial charge in [-0.25, -0.2) is 0 Å². The highest BCUT2D eigenvalue weighted by Crippen LogP contribution is 2.64. The summed E-state index contributed by atoms with van der Waals surface area (Å²) >= 11 is 5.36. The molecule has 0 saturated heterocycles. The van der Waals surface area contributed by atoms with E-state index in [1.54, 1.807) is 0 Å². The molecule has 0 aromatic rings. The molecule has 1 unspecified atom stereocenters. The van der Waals surface area contributed by atoms with Crippen LogP contribution < -0.4 is 0 Å². The highest BCUT2D eigenvalue weighted by Gasteiger charge is 2.19. The third-order valence-corrected chi connectivity index (χ3v) is 5.89. The van der Waals surface area contributed by atoms with Crippen LogP contribution in [0.4, 0.5) is 0 Å². The summed E-state index contributed by atoms with van der Waals surface area (Å²) in [4.78, 5) is 0. The molecule has 0 aromatic carbocycles. The van der Waals surface area contributed by atoms with Crippen LogP contribution in [0.3, 0.4) is 0 Å². The Kier molecular flexibility index (Phi) is 6.83. The summed E-state index contributed by atoms with van der Waals surface area (Å²) in [7, 11) is 0. The molecule has 0 bridgehead atoms. The van der Waals surface area contributed by atoms with Crippen LogP contribution in [0.1, 0.15) is 27.7 Å². The summed E-state index contributed by atoms with van der Waals surface area (Å²) in [6.07, 6.45) is 0. The van der Waals surface area contributed by atoms with Gasteiger partial charge in [-0.1, -0.05) is 51.3 Å². The molecule has 0 saturated carbocycles. The molecular formula is C8H19O2PS2. The summed E-state index contributed by atoms with van der Waals surface area (Å²) in [6.45, 7) is 8.75. The average Bonchev–Trinajstić information content (AvgIpc) is 1.98. The van der Waals surface area contributed by atoms with Gasteiger partial charge < -0.3 is 4.52 Å². The van der Waals surface area contributed by atoms with E-state index in [2.05, 4.69) is 26.1 Å². The van der Waals surface area contributed by atoms with Crippen molar-refractivity contribution in [2.24, 2.45) is 11.8 Å². The molecule has 13 heavy (non-hydrogen) atoms. The van der Waals surface area contributed by atoms with Gasteiger partial charge >= 0.3 is 5.77 Å². The highest BCUT2D eigenvalue weighted by molar-refractivity contribution is 8.84. The maximum absolute atomic E-state index is 11.6. The second kappa shape index (κ2) is 6.39. The quantitative estimate of drug-likeness (QED) is 0.561. The molecule has 0 rings (SSSR count). The molecule has 0 aliphatic rings. The van der Waals surface area contributed by atoms with E-state index >= 15 is 0 Å². The molecule has 0 N–H and O–H groups in total. The normalized spacial score (nSPS) is 16.5. The van der Waals surface area contributed by atoms with Gasteiger partial charge in [0.2, 0.25) is 0 Å². The summed E-state index contributed by atoms with van der Waals surface area (Å²) in [5.41, 5.74) is 0. The fraction of sp³-hybridized carbons (Fsp3) is 1.00. The van der Waals surface area contributed by atoms with Gasteiger partial charge in [0.1, 0.15) is 0 Å². The van der Waals surface area contributed by atoms with Crippen molar-refractivity contribution < 1.29 is 9.09 Å². The molecule has 0 heterocycles. The van der Waals surface area contributed by atoms with Gasteiger partial charge in [-0.15, -0.1) is 0 Å². The van der Waals surface area contributed by atoms with Crippen LogP contribution in [-0.4, -0.2) is 12.4 Å². The Morgan fingerprint density at radius 3 is 2.23 bits per heavy atom. The molecule has 2 nitrogen and oxygen atoms in total. The molecule has 80 valence electrons. The predicted octanol–water partition coefficient (Wildman–Crippen LogP) is 4.09. The lowest BCUT2D eigenvalue weighted by molar-refractivity contribution is 0.288. The number of thiol groups is 1. The van der Waals surface area contributed by atoms with E-state index in [9.17, 15) is 4.57 Å². The van der Waals surface area contributed by atoms with E-state index in [-0.39, 0.29) is 0 Å². The summed E-state index contributed by atoms with van der Waals surface area (Å²) in [5.74, 6) is -0.933. The second-order valence-corrected chi connectivity index (χ2v) is 10.2. The first-order chi connectivity index (χ1) is 5.83. The van der Waals surface area contributed by atoms with Crippen LogP contribution >= 0.6 is 29.4 Å². The second-order valence-electron chi connectivity index (χ2n) is 3.85. The van der Waals surface area contributed by atoms with E-state index in [1.807, 2.05) is 13.8 Å². The maximum atomic E-state index is 11.6. The Balaban J connectivity index is 3.74. The van der Waals surface area contributed by atoms with Gasteiger partial charge in [0.15, 0.2) is 0 Å². The van der Waals surface area contributed by atoms with Gasteiger partial charge in [0, 0.05) is 5.75 Å². The Bertz CT molecular complexity index is 167. The zero-order valence-electron chi connectivity index (χ0n) is 8.69. The first kappa shape index (κ1) is 13.9. The number of rotatable bonds is 6. The minimum Gasteiger partial charge on any atom is -0.313 e. The summed E-state index contributed by atoms with van der Waals surface area (Å²) < 4.78 is 16.9. The first-order valence-corrected chi connectivity index (χ1v) is 8.82. The molecule has 0 amide bonds. The Labute approximate surface area is 90.6 Å². The van der Waals surface area contributed by atoms with E-state index in [4.69, 9.17) is 4.52 Å². The van der Waals surface area contributed by atoms with Crippen LogP contribution in [0.5, 0.6) is 0 Å². The standard InChI is InChI=1S/C8H19O2PS2/c1-7(2)5-10-11(9,12)13-6-8(3)4/h7-8H,5-6H2,1-4H3,(H,9,12). The third-order valence-electron chi connectivity index (χ3n) is 1.14. The predicted molar refractivity (Wildman–Crippen MR) is 64.7 cm³/mol. The van der Waals surface area contributed by atoms with Crippen molar-refractivity contribution in [3.05, 3.63) is 0 Å². The Morgan fingerprint density at radius 2 is 1.85 bits per heavy atom. The fourth-order valence-electron chi connectivity index (χ4n) is 0.524. The molecule has 0 aliphatic heterocycles. The maximum Gasteiger partial charge on any atom is 0.310 e. The van der Waals surface area contributed by atoms with E-state index in [0.29, 0.717) is 18.4 Å². The monoisotopic (exact) mass is 242 g/mol. The number of hydrogen-bond donors (Lipinski definition) is 1. The molecule has 0 fully saturated rings. The topological polar surface area (TPSA) is 26.3 Å². The zero-order valence-corrected chi connectivity index (χ0v) is 11.3. The third kappa shape index (κ3) is 9.20. The number of hydrogen-bond acceptors (Lipinski definition) is 3. The lowest BCUT2D eigenvalue weighted by Gasteiger charge is -2.14. The minimum atomic E-state index is -2.69. The van der Waals surface area contributed by atoms with E-state index < -0.39 is 5.77 Å². The molecule has 0 radical (unpaired) electrons. The Morgan fingerprint density at radius 1 is 1.31 bits per heavy atom. The SMILES string of the molecule is CC(C)COP(=O)(S)SCC(C)C. The Hall–Kier alpha value is 0.890. The summed E-state index contributed by atoms with van der Waals surface area (Å²) in [5, 5.41) is 0. The van der Waals surface area contributed by atoms with Crippen LogP contribution in [-0.2, 0) is 9.09 Å². The first-order valence-electron chi connectivity index (χ1n) is 4.45. The van der Waals surface area contributed by atoms with Crippen LogP contribution in [0.25, 0.3) is 0 Å². The van der Waals surface area contributed by atoms with Gasteiger partial charge in [-0.3, -0.25) is 4.57 Å². The van der Waals surface area contributed by atoms with Crippen molar-refractivity contribution in [1.29, 1.82) is 0 Å². The van der Waals surface area contributed by atoms with Crippen molar-refractivity contribution in [1.82, 2.24) is 0 Å². The molecule has 0 aromatic heterocycles. The molecule has 0 aliphatic carbocycles. The minimum absolute atomic E-state index is 0.403. The fourth-order valence-corrected chi connectivity index (χ4v) is 4.24. The van der Waals surface area contributed by atoms with E-state index in [0.717, 1.165) is 5.75 Å². The lowest BCUT2D eigenvalue weighted by Crippen LogP contribution is -1.98. The van der Waals surface area contributed by atoms with Gasteiger partial charge in [-0.2, -0.15) is 0 Å². The zero-order chi connectivity index (χ0) is 10.5. The van der Waals surface area contributed by atoms with Crippen LogP contribution in [0, 0.1) is 11.8 Å². The van der Waals surface area contributed by atoms with Crippen LogP contribution in [0.15, 0.2) is 0 Å². The van der Waals surface area contributed by atoms with Crippen molar-refractivity contribution in [2.75, 3.05) is 12.4 Å². The molecule has 1 atom stereocenters. The van der Waals surface area contributed by atoms with Crippen LogP contribution in [0.2, 0.25) is 0 Å². The van der Waals surface area contributed by atoms with E-state index in [1.165, 1.54) is 11.4 Å². The average molecular weight is 242 g/mol. The van der Waals surface area contributed by atoms with Gasteiger partial charge in [0.05, 0.1) is 6.61 Å². The van der Waals surface area contributed by atoms with Crippen molar-refractivity contribution >= 4 is 29.4 Å². The smallest absolute Gasteiger partial charge is 0.310 e. The van der Waals surface area contributed by atoms with Crippen molar-refractivity contribution in [3.63, 3.8) is 0 Å². The largest absolute Gasteiger partial charge is 0.313 e.